The fraction of sp³-hybridized carbons (Fsp3) is 0.450. The molecule has 2 aromatic rings. The molecule has 24 heavy (non-hydrogen) atoms. The van der Waals surface area contributed by atoms with Crippen LogP contribution in [0.5, 0.6) is 0 Å². The third-order valence-corrected chi connectivity index (χ3v) is 6.06. The molecule has 3 N–H and O–H groups in total. The number of carbonyl (C=O) groups excluding carboxylic acids is 1. The Morgan fingerprint density at radius 3 is 2.62 bits per heavy atom. The average Bonchev–Trinajstić information content (AvgIpc) is 3.14. The van der Waals surface area contributed by atoms with Crippen LogP contribution >= 0.6 is 11.3 Å². The van der Waals surface area contributed by atoms with Gasteiger partial charge in [-0.15, -0.1) is 11.3 Å². The van der Waals surface area contributed by atoms with Crippen molar-refractivity contribution >= 4 is 22.2 Å². The second kappa shape index (κ2) is 6.98. The Hall–Kier alpha value is -1.81. The molecule has 0 bridgehead atoms. The van der Waals surface area contributed by atoms with Crippen LogP contribution < -0.4 is 11.1 Å². The van der Waals surface area contributed by atoms with E-state index < -0.39 is 0 Å². The van der Waals surface area contributed by atoms with Crippen molar-refractivity contribution in [3.63, 3.8) is 0 Å². The number of hydrogen-bond acceptors (Lipinski definition) is 3. The summed E-state index contributed by atoms with van der Waals surface area (Å²) in [7, 11) is 0. The molecule has 3 nitrogen and oxygen atoms in total. The van der Waals surface area contributed by atoms with Gasteiger partial charge in [0.05, 0.1) is 10.6 Å². The molecule has 4 heteroatoms. The molecule has 128 valence electrons. The van der Waals surface area contributed by atoms with Crippen molar-refractivity contribution in [1.29, 1.82) is 0 Å². The summed E-state index contributed by atoms with van der Waals surface area (Å²) in [6, 6.07) is 6.70. The molecule has 0 radical (unpaired) electrons. The fourth-order valence-corrected chi connectivity index (χ4v) is 4.70. The van der Waals surface area contributed by atoms with Gasteiger partial charge in [-0.25, -0.2) is 0 Å². The number of thiophene rings is 1. The van der Waals surface area contributed by atoms with Gasteiger partial charge in [0.1, 0.15) is 0 Å². The number of benzene rings is 1. The third-order valence-electron chi connectivity index (χ3n) is 4.90. The maximum Gasteiger partial charge on any atom is 0.255 e. The van der Waals surface area contributed by atoms with Crippen LogP contribution in [0.2, 0.25) is 0 Å². The first kappa shape index (κ1) is 17.0. The van der Waals surface area contributed by atoms with E-state index >= 15 is 0 Å². The predicted molar refractivity (Wildman–Crippen MR) is 103 cm³/mol. The Kier molecular flexibility index (Phi) is 4.95. The van der Waals surface area contributed by atoms with Crippen LogP contribution in [0, 0.1) is 13.8 Å². The van der Waals surface area contributed by atoms with E-state index in [0.29, 0.717) is 16.6 Å². The predicted octanol–water partition coefficient (Wildman–Crippen LogP) is 4.85. The Morgan fingerprint density at radius 2 is 2.00 bits per heavy atom. The Labute approximate surface area is 148 Å². The van der Waals surface area contributed by atoms with Gasteiger partial charge >= 0.3 is 0 Å². The lowest BCUT2D eigenvalue weighted by Crippen LogP contribution is -2.33. The average molecular weight is 343 g/mol. The second-order valence-corrected chi connectivity index (χ2v) is 7.90. The van der Waals surface area contributed by atoms with Crippen molar-refractivity contribution < 1.29 is 4.79 Å². The first-order chi connectivity index (χ1) is 11.5. The van der Waals surface area contributed by atoms with Crippen LogP contribution in [-0.4, -0.2) is 11.9 Å². The monoisotopic (exact) mass is 342 g/mol. The number of rotatable bonds is 4. The summed E-state index contributed by atoms with van der Waals surface area (Å²) in [6.07, 6.45) is 5.45. The number of nitrogens with one attached hydrogen (secondary N) is 1. The maximum absolute atomic E-state index is 12.9. The molecule has 1 aromatic carbocycles. The number of aryl methyl sites for hydroxylation is 3. The molecular formula is C20H26N2OS. The number of nitrogens with two attached hydrogens (primary N) is 1. The van der Waals surface area contributed by atoms with Crippen molar-refractivity contribution in [2.24, 2.45) is 0 Å². The summed E-state index contributed by atoms with van der Waals surface area (Å²) in [5.41, 5.74) is 11.5. The first-order valence-corrected chi connectivity index (χ1v) is 9.62. The van der Waals surface area contributed by atoms with E-state index in [1.807, 2.05) is 0 Å². The summed E-state index contributed by atoms with van der Waals surface area (Å²) >= 11 is 1.55. The molecule has 0 saturated heterocycles. The van der Waals surface area contributed by atoms with Gasteiger partial charge in [-0.2, -0.15) is 0 Å². The molecule has 0 unspecified atom stereocenters. The van der Waals surface area contributed by atoms with Gasteiger partial charge < -0.3 is 11.1 Å². The van der Waals surface area contributed by atoms with Crippen molar-refractivity contribution in [2.75, 3.05) is 5.73 Å². The lowest BCUT2D eigenvalue weighted by molar-refractivity contribution is 0.0940. The molecule has 1 aliphatic carbocycles. The van der Waals surface area contributed by atoms with Gasteiger partial charge in [0, 0.05) is 16.5 Å². The van der Waals surface area contributed by atoms with Gasteiger partial charge in [0.25, 0.3) is 5.91 Å². The van der Waals surface area contributed by atoms with Gasteiger partial charge in [0.2, 0.25) is 0 Å². The molecule has 1 amide bonds. The smallest absolute Gasteiger partial charge is 0.255 e. The minimum Gasteiger partial charge on any atom is -0.390 e. The quantitative estimate of drug-likeness (QED) is 0.834. The van der Waals surface area contributed by atoms with E-state index in [-0.39, 0.29) is 5.91 Å². The minimum atomic E-state index is -0.00896. The third kappa shape index (κ3) is 3.20. The van der Waals surface area contributed by atoms with E-state index in [1.165, 1.54) is 28.8 Å². The highest BCUT2D eigenvalue weighted by Crippen LogP contribution is 2.40. The zero-order chi connectivity index (χ0) is 17.3. The molecule has 1 aromatic heterocycles. The van der Waals surface area contributed by atoms with E-state index in [2.05, 4.69) is 44.3 Å². The number of nitrogen functional groups attached to an aromatic ring is 1. The van der Waals surface area contributed by atoms with Gasteiger partial charge in [-0.05, 0) is 44.2 Å². The van der Waals surface area contributed by atoms with Gasteiger partial charge in [-0.3, -0.25) is 4.79 Å². The molecule has 1 aliphatic rings. The van der Waals surface area contributed by atoms with Crippen molar-refractivity contribution in [3.05, 3.63) is 39.8 Å². The van der Waals surface area contributed by atoms with Crippen LogP contribution in [0.3, 0.4) is 0 Å². The van der Waals surface area contributed by atoms with Gasteiger partial charge in [-0.1, -0.05) is 43.5 Å². The largest absolute Gasteiger partial charge is 0.390 e. The minimum absolute atomic E-state index is 0.00896. The van der Waals surface area contributed by atoms with Crippen LogP contribution in [-0.2, 0) is 6.42 Å². The highest BCUT2D eigenvalue weighted by molar-refractivity contribution is 7.17. The van der Waals surface area contributed by atoms with E-state index in [9.17, 15) is 4.79 Å². The van der Waals surface area contributed by atoms with E-state index in [4.69, 9.17) is 5.73 Å². The SMILES string of the molecule is CCc1sc(N)c(C(=O)NC2CCCC2)c1-c1ccc(C)cc1C. The molecule has 1 heterocycles. The number of hydrogen-bond donors (Lipinski definition) is 2. The number of carbonyl (C=O) groups is 1. The highest BCUT2D eigenvalue weighted by Gasteiger charge is 2.26. The Balaban J connectivity index is 2.05. The molecule has 0 atom stereocenters. The molecular weight excluding hydrogens is 316 g/mol. The summed E-state index contributed by atoms with van der Waals surface area (Å²) in [4.78, 5) is 14.1. The van der Waals surface area contributed by atoms with Crippen LogP contribution in [0.15, 0.2) is 18.2 Å². The lowest BCUT2D eigenvalue weighted by Gasteiger charge is -2.15. The van der Waals surface area contributed by atoms with Crippen LogP contribution in [0.4, 0.5) is 5.00 Å². The van der Waals surface area contributed by atoms with Crippen LogP contribution in [0.25, 0.3) is 11.1 Å². The van der Waals surface area contributed by atoms with E-state index in [0.717, 1.165) is 30.4 Å². The molecule has 3 rings (SSSR count). The maximum atomic E-state index is 12.9. The highest BCUT2D eigenvalue weighted by atomic mass is 32.1. The molecule has 1 saturated carbocycles. The summed E-state index contributed by atoms with van der Waals surface area (Å²) in [5, 5.41) is 3.84. The normalized spacial score (nSPS) is 15.0. The fourth-order valence-electron chi connectivity index (χ4n) is 3.68. The van der Waals surface area contributed by atoms with Crippen LogP contribution in [0.1, 0.15) is 59.0 Å². The summed E-state index contributed by atoms with van der Waals surface area (Å²) in [6.45, 7) is 6.32. The molecule has 1 fully saturated rings. The number of amides is 1. The lowest BCUT2D eigenvalue weighted by atomic mass is 9.94. The van der Waals surface area contributed by atoms with Gasteiger partial charge in [0.15, 0.2) is 0 Å². The van der Waals surface area contributed by atoms with E-state index in [1.54, 1.807) is 11.3 Å². The van der Waals surface area contributed by atoms with Crippen molar-refractivity contribution in [2.45, 2.75) is 58.9 Å². The van der Waals surface area contributed by atoms with Crippen molar-refractivity contribution in [1.82, 2.24) is 5.32 Å². The topological polar surface area (TPSA) is 55.1 Å². The molecule has 0 spiro atoms. The Morgan fingerprint density at radius 1 is 1.29 bits per heavy atom. The second-order valence-electron chi connectivity index (χ2n) is 6.77. The number of anilines is 1. The zero-order valence-corrected chi connectivity index (χ0v) is 15.6. The summed E-state index contributed by atoms with van der Waals surface area (Å²) < 4.78 is 0. The first-order valence-electron chi connectivity index (χ1n) is 8.80. The zero-order valence-electron chi connectivity index (χ0n) is 14.7. The standard InChI is InChI=1S/C20H26N2OS/c1-4-16-17(15-10-9-12(2)11-13(15)3)18(19(21)24-16)20(23)22-14-7-5-6-8-14/h9-11,14H,4-8,21H2,1-3H3,(H,22,23). The van der Waals surface area contributed by atoms with Crippen molar-refractivity contribution in [3.8, 4) is 11.1 Å². The Bertz CT molecular complexity index is 757. The molecule has 0 aliphatic heterocycles. The summed E-state index contributed by atoms with van der Waals surface area (Å²) in [5.74, 6) is -0.00896.